The van der Waals surface area contributed by atoms with E-state index in [0.717, 1.165) is 18.3 Å². The van der Waals surface area contributed by atoms with Crippen molar-refractivity contribution < 1.29 is 4.79 Å². The smallest absolute Gasteiger partial charge is 0.258 e. The zero-order valence-electron chi connectivity index (χ0n) is 15.3. The van der Waals surface area contributed by atoms with Gasteiger partial charge in [-0.1, -0.05) is 89.8 Å². The number of rotatable bonds is 14. The van der Waals surface area contributed by atoms with Crippen LogP contribution in [0.2, 0.25) is 0 Å². The molecule has 0 saturated heterocycles. The van der Waals surface area contributed by atoms with Crippen LogP contribution in [0.5, 0.6) is 0 Å². The number of carbonyl (C=O) groups is 1. The summed E-state index contributed by atoms with van der Waals surface area (Å²) < 4.78 is 0. The van der Waals surface area contributed by atoms with Crippen LogP contribution in [0.4, 0.5) is 0 Å². The number of nitrogens with zero attached hydrogens (tertiary/aromatic N) is 2. The Bertz CT molecular complexity index is 328. The Balaban J connectivity index is 2.23. The van der Waals surface area contributed by atoms with Crippen LogP contribution in [0, 0.1) is 0 Å². The number of thioether (sulfide) groups is 1. The van der Waals surface area contributed by atoms with Gasteiger partial charge >= 0.3 is 0 Å². The Hall–Kier alpha value is -0.510. The number of aliphatic imine (C=N–C) groups is 1. The van der Waals surface area contributed by atoms with Crippen LogP contribution in [0.3, 0.4) is 0 Å². The lowest BCUT2D eigenvalue weighted by atomic mass is 10.1. The molecule has 1 amide bonds. The molecule has 0 aromatic heterocycles. The highest BCUT2D eigenvalue weighted by Crippen LogP contribution is 2.19. The Labute approximate surface area is 147 Å². The van der Waals surface area contributed by atoms with E-state index in [0.29, 0.717) is 5.75 Å². The maximum Gasteiger partial charge on any atom is 0.258 e. The highest BCUT2D eigenvalue weighted by atomic mass is 32.2. The van der Waals surface area contributed by atoms with Gasteiger partial charge < -0.3 is 4.90 Å². The van der Waals surface area contributed by atoms with Crippen molar-refractivity contribution in [3.05, 3.63) is 0 Å². The zero-order chi connectivity index (χ0) is 16.8. The third-order valence-corrected chi connectivity index (χ3v) is 5.38. The summed E-state index contributed by atoms with van der Waals surface area (Å²) in [6.45, 7) is 6.66. The van der Waals surface area contributed by atoms with Gasteiger partial charge in [-0.3, -0.25) is 4.79 Å². The van der Waals surface area contributed by atoms with Gasteiger partial charge in [0.05, 0.1) is 5.75 Å². The number of unbranched alkanes of at least 4 members (excludes halogenated alkanes) is 10. The van der Waals surface area contributed by atoms with E-state index in [1.807, 2.05) is 0 Å². The summed E-state index contributed by atoms with van der Waals surface area (Å²) in [5.41, 5.74) is 0. The van der Waals surface area contributed by atoms with Crippen molar-refractivity contribution in [2.45, 2.75) is 90.9 Å². The predicted molar refractivity (Wildman–Crippen MR) is 103 cm³/mol. The van der Waals surface area contributed by atoms with Crippen LogP contribution < -0.4 is 0 Å². The maximum atomic E-state index is 11.4. The van der Waals surface area contributed by atoms with Crippen LogP contribution in [-0.4, -0.2) is 34.8 Å². The number of hydrogen-bond acceptors (Lipinski definition) is 3. The highest BCUT2D eigenvalue weighted by Gasteiger charge is 2.20. The van der Waals surface area contributed by atoms with Crippen molar-refractivity contribution in [3.63, 3.8) is 0 Å². The molecule has 0 saturated carbocycles. The normalized spacial score (nSPS) is 14.3. The lowest BCUT2D eigenvalue weighted by Gasteiger charge is -2.23. The van der Waals surface area contributed by atoms with E-state index in [1.54, 1.807) is 11.8 Å². The fraction of sp³-hybridized carbons (Fsp3) is 0.895. The van der Waals surface area contributed by atoms with Crippen molar-refractivity contribution in [3.8, 4) is 0 Å². The monoisotopic (exact) mass is 340 g/mol. The second-order valence-corrected chi connectivity index (χ2v) is 7.54. The predicted octanol–water partition coefficient (Wildman–Crippen LogP) is 5.64. The fourth-order valence-corrected chi connectivity index (χ4v) is 3.78. The summed E-state index contributed by atoms with van der Waals surface area (Å²) >= 11 is 1.63. The molecule has 134 valence electrons. The van der Waals surface area contributed by atoms with Gasteiger partial charge in [0.25, 0.3) is 5.91 Å². The Morgan fingerprint density at radius 3 is 1.74 bits per heavy atom. The van der Waals surface area contributed by atoms with E-state index in [9.17, 15) is 4.79 Å². The molecule has 0 aliphatic carbocycles. The molecule has 0 spiro atoms. The molecule has 0 unspecified atom stereocenters. The molecule has 4 heteroatoms. The van der Waals surface area contributed by atoms with Gasteiger partial charge in [0.2, 0.25) is 0 Å². The third-order valence-electron chi connectivity index (χ3n) is 4.38. The van der Waals surface area contributed by atoms with E-state index < -0.39 is 0 Å². The molecular weight excluding hydrogens is 304 g/mol. The third kappa shape index (κ3) is 10.1. The van der Waals surface area contributed by atoms with Crippen LogP contribution in [-0.2, 0) is 4.79 Å². The van der Waals surface area contributed by atoms with E-state index in [1.165, 1.54) is 77.0 Å². The second kappa shape index (κ2) is 13.9. The van der Waals surface area contributed by atoms with Gasteiger partial charge in [-0.15, -0.1) is 0 Å². The first-order chi connectivity index (χ1) is 11.3. The molecular formula is C19H36N2OS. The highest BCUT2D eigenvalue weighted by molar-refractivity contribution is 8.14. The summed E-state index contributed by atoms with van der Waals surface area (Å²) in [7, 11) is 0. The van der Waals surface area contributed by atoms with Crippen molar-refractivity contribution in [2.75, 3.05) is 18.8 Å². The largest absolute Gasteiger partial charge is 0.351 e. The quantitative estimate of drug-likeness (QED) is 0.384. The Morgan fingerprint density at radius 2 is 1.30 bits per heavy atom. The molecule has 0 radical (unpaired) electrons. The van der Waals surface area contributed by atoms with Crippen molar-refractivity contribution >= 4 is 22.8 Å². The van der Waals surface area contributed by atoms with Gasteiger partial charge in [0.1, 0.15) is 0 Å². The molecule has 0 N–H and O–H groups in total. The first-order valence-electron chi connectivity index (χ1n) is 9.77. The molecule has 0 aromatic carbocycles. The molecule has 1 heterocycles. The molecule has 0 atom stereocenters. The van der Waals surface area contributed by atoms with E-state index in [-0.39, 0.29) is 5.91 Å². The Kier molecular flexibility index (Phi) is 12.4. The second-order valence-electron chi connectivity index (χ2n) is 6.60. The first-order valence-corrected chi connectivity index (χ1v) is 10.8. The molecule has 3 nitrogen and oxygen atoms in total. The van der Waals surface area contributed by atoms with Crippen molar-refractivity contribution in [2.24, 2.45) is 4.99 Å². The molecule has 0 bridgehead atoms. The molecule has 1 rings (SSSR count). The van der Waals surface area contributed by atoms with E-state index >= 15 is 0 Å². The minimum absolute atomic E-state index is 0.0425. The summed E-state index contributed by atoms with van der Waals surface area (Å²) in [6.07, 6.45) is 15.8. The van der Waals surface area contributed by atoms with E-state index in [4.69, 9.17) is 0 Å². The minimum atomic E-state index is 0.0425. The number of amides is 1. The van der Waals surface area contributed by atoms with Gasteiger partial charge in [0.15, 0.2) is 5.17 Å². The van der Waals surface area contributed by atoms with Gasteiger partial charge in [0, 0.05) is 13.1 Å². The molecule has 0 fully saturated rings. The summed E-state index contributed by atoms with van der Waals surface area (Å²) in [6, 6.07) is 0. The van der Waals surface area contributed by atoms with Gasteiger partial charge in [-0.05, 0) is 12.8 Å². The Morgan fingerprint density at radius 1 is 0.826 bits per heavy atom. The number of carbonyl (C=O) groups excluding carboxylic acids is 1. The molecule has 0 aromatic rings. The number of amidine groups is 1. The standard InChI is InChI=1S/C19H36N2OS/c1-3-5-7-9-11-13-15-21(19-20-18(22)17-23-19)16-14-12-10-8-6-4-2/h3-17H2,1-2H3. The van der Waals surface area contributed by atoms with Crippen LogP contribution >= 0.6 is 11.8 Å². The molecule has 23 heavy (non-hydrogen) atoms. The van der Waals surface area contributed by atoms with Crippen molar-refractivity contribution in [1.82, 2.24) is 4.90 Å². The minimum Gasteiger partial charge on any atom is -0.351 e. The zero-order valence-corrected chi connectivity index (χ0v) is 16.1. The average molecular weight is 341 g/mol. The SMILES string of the molecule is CCCCCCCCN(CCCCCCCC)C1=NC(=O)CS1. The average Bonchev–Trinajstić information content (AvgIpc) is 2.98. The summed E-state index contributed by atoms with van der Waals surface area (Å²) in [4.78, 5) is 18.0. The van der Waals surface area contributed by atoms with Crippen LogP contribution in [0.15, 0.2) is 4.99 Å². The fourth-order valence-electron chi connectivity index (χ4n) is 2.93. The summed E-state index contributed by atoms with van der Waals surface area (Å²) in [5.74, 6) is 0.583. The van der Waals surface area contributed by atoms with Crippen molar-refractivity contribution in [1.29, 1.82) is 0 Å². The topological polar surface area (TPSA) is 32.7 Å². The first kappa shape index (κ1) is 20.5. The van der Waals surface area contributed by atoms with E-state index in [2.05, 4.69) is 23.7 Å². The number of hydrogen-bond donors (Lipinski definition) is 0. The lowest BCUT2D eigenvalue weighted by Crippen LogP contribution is -2.30. The lowest BCUT2D eigenvalue weighted by molar-refractivity contribution is -0.115. The maximum absolute atomic E-state index is 11.4. The molecule has 1 aliphatic rings. The van der Waals surface area contributed by atoms with Gasteiger partial charge in [-0.25, -0.2) is 0 Å². The van der Waals surface area contributed by atoms with Crippen LogP contribution in [0.1, 0.15) is 90.9 Å². The van der Waals surface area contributed by atoms with Crippen LogP contribution in [0.25, 0.3) is 0 Å². The van der Waals surface area contributed by atoms with Gasteiger partial charge in [-0.2, -0.15) is 4.99 Å². The molecule has 1 aliphatic heterocycles. The summed E-state index contributed by atoms with van der Waals surface area (Å²) in [5, 5.41) is 0.983.